The quantitative estimate of drug-likeness (QED) is 0.745. The number of aromatic nitrogens is 1. The number of nitrogens with zero attached hydrogens (tertiary/aromatic N) is 4. The molecule has 1 aromatic heterocycles. The molecule has 1 N–H and O–H groups in total. The largest absolute Gasteiger partial charge is 0.358 e. The molecule has 2 aromatic rings. The highest BCUT2D eigenvalue weighted by atomic mass is 35.5. The second-order valence-electron chi connectivity index (χ2n) is 8.74. The van der Waals surface area contributed by atoms with Crippen molar-refractivity contribution in [2.75, 3.05) is 41.3 Å². The van der Waals surface area contributed by atoms with E-state index < -0.39 is 0 Å². The van der Waals surface area contributed by atoms with Gasteiger partial charge in [-0.25, -0.2) is 4.98 Å². The molecule has 2 saturated heterocycles. The maximum Gasteiger partial charge on any atom is 0.253 e. The summed E-state index contributed by atoms with van der Waals surface area (Å²) in [6, 6.07) is 8.51. The molecule has 8 nitrogen and oxygen atoms in total. The van der Waals surface area contributed by atoms with E-state index in [1.54, 1.807) is 18.2 Å². The summed E-state index contributed by atoms with van der Waals surface area (Å²) in [7, 11) is 0. The molecule has 0 aliphatic carbocycles. The number of likely N-dealkylation sites (tertiary alicyclic amines) is 1. The number of carbonyl (C=O) groups excluding carboxylic acids is 3. The van der Waals surface area contributed by atoms with Gasteiger partial charge in [-0.1, -0.05) is 11.6 Å². The summed E-state index contributed by atoms with van der Waals surface area (Å²) in [6.07, 6.45) is 6.21. The number of piperidine rings is 1. The molecule has 0 unspecified atom stereocenters. The average molecular weight is 468 g/mol. The number of fused-ring (bicyclic) bond motifs is 3. The Hall–Kier alpha value is -3.13. The van der Waals surface area contributed by atoms with Gasteiger partial charge in [0.25, 0.3) is 5.91 Å². The fourth-order valence-electron chi connectivity index (χ4n) is 4.93. The second-order valence-corrected chi connectivity index (χ2v) is 9.18. The number of anilines is 3. The van der Waals surface area contributed by atoms with Crippen molar-refractivity contribution in [2.45, 2.75) is 38.1 Å². The first kappa shape index (κ1) is 21.7. The third-order valence-corrected chi connectivity index (χ3v) is 6.79. The Balaban J connectivity index is 1.45. The van der Waals surface area contributed by atoms with Crippen LogP contribution in [0, 0.1) is 0 Å². The monoisotopic (exact) mass is 467 g/mol. The van der Waals surface area contributed by atoms with E-state index in [-0.39, 0.29) is 30.3 Å². The number of hydrogen-bond donors (Lipinski definition) is 1. The minimum atomic E-state index is -0.357. The van der Waals surface area contributed by atoms with Crippen molar-refractivity contribution < 1.29 is 14.4 Å². The Morgan fingerprint density at radius 3 is 2.58 bits per heavy atom. The van der Waals surface area contributed by atoms with Crippen molar-refractivity contribution in [3.8, 4) is 0 Å². The molecule has 1 aromatic carbocycles. The Morgan fingerprint density at radius 1 is 1.03 bits per heavy atom. The lowest BCUT2D eigenvalue weighted by molar-refractivity contribution is -0.123. The molecule has 2 fully saturated rings. The van der Waals surface area contributed by atoms with E-state index >= 15 is 0 Å². The minimum Gasteiger partial charge on any atom is -0.358 e. The minimum absolute atomic E-state index is 0.0294. The lowest BCUT2D eigenvalue weighted by Crippen LogP contribution is -2.56. The highest BCUT2D eigenvalue weighted by Crippen LogP contribution is 2.40. The number of nitrogens with one attached hydrogen (secondary N) is 1. The van der Waals surface area contributed by atoms with Crippen molar-refractivity contribution in [1.29, 1.82) is 0 Å². The normalized spacial score (nSPS) is 19.8. The zero-order valence-corrected chi connectivity index (χ0v) is 19.1. The van der Waals surface area contributed by atoms with Crippen molar-refractivity contribution in [3.05, 3.63) is 47.1 Å². The molecule has 3 aliphatic rings. The molecule has 0 spiro atoms. The molecule has 3 aliphatic heterocycles. The van der Waals surface area contributed by atoms with Gasteiger partial charge < -0.3 is 15.1 Å². The Kier molecular flexibility index (Phi) is 5.93. The van der Waals surface area contributed by atoms with E-state index in [4.69, 9.17) is 11.6 Å². The molecular formula is C24H26ClN5O3. The van der Waals surface area contributed by atoms with Crippen molar-refractivity contribution in [1.82, 2.24) is 9.88 Å². The fraction of sp³-hybridized carbons (Fsp3) is 0.417. The summed E-state index contributed by atoms with van der Waals surface area (Å²) in [4.78, 5) is 48.9. The van der Waals surface area contributed by atoms with Crippen LogP contribution < -0.4 is 15.1 Å². The van der Waals surface area contributed by atoms with Gasteiger partial charge in [0.2, 0.25) is 11.8 Å². The summed E-state index contributed by atoms with van der Waals surface area (Å²) in [5, 5.41) is 3.20. The summed E-state index contributed by atoms with van der Waals surface area (Å²) in [5.74, 6) is -0.124. The zero-order valence-electron chi connectivity index (χ0n) is 18.3. The Labute approximate surface area is 197 Å². The Morgan fingerprint density at radius 2 is 1.82 bits per heavy atom. The molecule has 0 bridgehead atoms. The smallest absolute Gasteiger partial charge is 0.253 e. The number of pyridine rings is 1. The van der Waals surface area contributed by atoms with Crippen molar-refractivity contribution >= 4 is 46.5 Å². The van der Waals surface area contributed by atoms with Gasteiger partial charge in [-0.05, 0) is 62.4 Å². The molecular weight excluding hydrogens is 442 g/mol. The van der Waals surface area contributed by atoms with Crippen LogP contribution in [0.25, 0.3) is 0 Å². The van der Waals surface area contributed by atoms with Crippen LogP contribution in [-0.2, 0) is 9.59 Å². The third kappa shape index (κ3) is 4.27. The van der Waals surface area contributed by atoms with Crippen molar-refractivity contribution in [2.24, 2.45) is 0 Å². The standard InChI is InChI=1S/C24H26ClN5O3/c25-17-7-9-21(26-14-17)27-22(31)15-30-20-13-16(23(32)28-10-3-4-11-28)6-8-18(20)29-12-2-1-5-19(29)24(30)33/h6-9,13-14,19H,1-5,10-12,15H2,(H,26,27,31)/t19-/m1/s1. The summed E-state index contributed by atoms with van der Waals surface area (Å²) in [6.45, 7) is 2.14. The first-order valence-corrected chi connectivity index (χ1v) is 11.8. The van der Waals surface area contributed by atoms with Crippen LogP contribution in [0.5, 0.6) is 0 Å². The fourth-order valence-corrected chi connectivity index (χ4v) is 5.04. The molecule has 0 radical (unpaired) electrons. The SMILES string of the molecule is O=C(CN1C(=O)[C@H]2CCCCN2c2ccc(C(=O)N3CCCC3)cc21)Nc1ccc(Cl)cn1. The number of carbonyl (C=O) groups is 3. The summed E-state index contributed by atoms with van der Waals surface area (Å²) in [5.41, 5.74) is 2.06. The number of amides is 3. The van der Waals surface area contributed by atoms with Gasteiger partial charge in [0.15, 0.2) is 0 Å². The molecule has 1 atom stereocenters. The van der Waals surface area contributed by atoms with Gasteiger partial charge >= 0.3 is 0 Å². The highest BCUT2D eigenvalue weighted by molar-refractivity contribution is 6.30. The van der Waals surface area contributed by atoms with Gasteiger partial charge in [0.05, 0.1) is 16.4 Å². The Bertz CT molecular complexity index is 1080. The van der Waals surface area contributed by atoms with E-state index in [9.17, 15) is 14.4 Å². The average Bonchev–Trinajstić information content (AvgIpc) is 3.37. The van der Waals surface area contributed by atoms with Crippen LogP contribution >= 0.6 is 11.6 Å². The van der Waals surface area contributed by atoms with Gasteiger partial charge in [-0.2, -0.15) is 0 Å². The maximum absolute atomic E-state index is 13.5. The van der Waals surface area contributed by atoms with Crippen LogP contribution in [0.2, 0.25) is 5.02 Å². The van der Waals surface area contributed by atoms with Crippen LogP contribution in [0.15, 0.2) is 36.5 Å². The van der Waals surface area contributed by atoms with Gasteiger partial charge in [0.1, 0.15) is 18.4 Å². The first-order valence-electron chi connectivity index (χ1n) is 11.4. The molecule has 0 saturated carbocycles. The van der Waals surface area contributed by atoms with E-state index in [2.05, 4.69) is 15.2 Å². The van der Waals surface area contributed by atoms with Crippen LogP contribution in [-0.4, -0.2) is 59.8 Å². The second kappa shape index (κ2) is 9.02. The number of rotatable bonds is 4. The van der Waals surface area contributed by atoms with Crippen LogP contribution in [0.3, 0.4) is 0 Å². The molecule has 33 heavy (non-hydrogen) atoms. The number of benzene rings is 1. The molecule has 9 heteroatoms. The van der Waals surface area contributed by atoms with E-state index in [1.807, 2.05) is 17.0 Å². The molecule has 172 valence electrons. The molecule has 4 heterocycles. The predicted octanol–water partition coefficient (Wildman–Crippen LogP) is 3.32. The zero-order chi connectivity index (χ0) is 22.9. The molecule has 5 rings (SSSR count). The number of halogens is 1. The third-order valence-electron chi connectivity index (χ3n) is 6.57. The first-order chi connectivity index (χ1) is 16.0. The maximum atomic E-state index is 13.5. The van der Waals surface area contributed by atoms with E-state index in [0.717, 1.165) is 57.4 Å². The topological polar surface area (TPSA) is 85.9 Å². The van der Waals surface area contributed by atoms with Crippen LogP contribution in [0.1, 0.15) is 42.5 Å². The highest BCUT2D eigenvalue weighted by Gasteiger charge is 2.40. The van der Waals surface area contributed by atoms with Gasteiger partial charge in [0, 0.05) is 31.4 Å². The van der Waals surface area contributed by atoms with Gasteiger partial charge in [-0.15, -0.1) is 0 Å². The van der Waals surface area contributed by atoms with Crippen molar-refractivity contribution in [3.63, 3.8) is 0 Å². The van der Waals surface area contributed by atoms with E-state index in [1.165, 1.54) is 11.1 Å². The summed E-state index contributed by atoms with van der Waals surface area (Å²) < 4.78 is 0. The van der Waals surface area contributed by atoms with Gasteiger partial charge in [-0.3, -0.25) is 19.3 Å². The summed E-state index contributed by atoms with van der Waals surface area (Å²) >= 11 is 5.87. The molecule has 3 amide bonds. The van der Waals surface area contributed by atoms with E-state index in [0.29, 0.717) is 22.1 Å². The number of hydrogen-bond acceptors (Lipinski definition) is 5. The lowest BCUT2D eigenvalue weighted by atomic mass is 9.95. The van der Waals surface area contributed by atoms with Crippen LogP contribution in [0.4, 0.5) is 17.2 Å². The lowest BCUT2D eigenvalue weighted by Gasteiger charge is -2.45. The predicted molar refractivity (Wildman–Crippen MR) is 127 cm³/mol.